The number of nitrogens with zero attached hydrogens (tertiary/aromatic N) is 1. The summed E-state index contributed by atoms with van der Waals surface area (Å²) in [7, 11) is 0. The predicted octanol–water partition coefficient (Wildman–Crippen LogP) is 2.67. The van der Waals surface area contributed by atoms with Crippen molar-refractivity contribution in [3.8, 4) is 0 Å². The van der Waals surface area contributed by atoms with Crippen LogP contribution in [0.25, 0.3) is 0 Å². The molecule has 0 aromatic heterocycles. The highest BCUT2D eigenvalue weighted by Gasteiger charge is 2.21. The third-order valence-corrected chi connectivity index (χ3v) is 4.22. The van der Waals surface area contributed by atoms with Gasteiger partial charge < -0.3 is 16.0 Å². The van der Waals surface area contributed by atoms with Gasteiger partial charge in [-0.1, -0.05) is 30.3 Å². The Morgan fingerprint density at radius 3 is 2.40 bits per heavy atom. The molecule has 1 aliphatic heterocycles. The lowest BCUT2D eigenvalue weighted by molar-refractivity contribution is -0.117. The molecule has 2 amide bonds. The van der Waals surface area contributed by atoms with Crippen molar-refractivity contribution in [3.63, 3.8) is 0 Å². The number of nitrogens with two attached hydrogens (primary N) is 1. The van der Waals surface area contributed by atoms with Gasteiger partial charge >= 0.3 is 0 Å². The van der Waals surface area contributed by atoms with Crippen LogP contribution in [0, 0.1) is 0 Å². The van der Waals surface area contributed by atoms with Crippen LogP contribution in [0.1, 0.15) is 34.8 Å². The lowest BCUT2D eigenvalue weighted by atomic mass is 10.1. The zero-order valence-electron chi connectivity index (χ0n) is 13.9. The van der Waals surface area contributed by atoms with Gasteiger partial charge in [-0.3, -0.25) is 9.59 Å². The molecular formula is C19H22ClN3O2. The first-order chi connectivity index (χ1) is 11.6. The van der Waals surface area contributed by atoms with E-state index in [9.17, 15) is 9.59 Å². The van der Waals surface area contributed by atoms with Crippen molar-refractivity contribution in [2.75, 3.05) is 18.0 Å². The van der Waals surface area contributed by atoms with Crippen molar-refractivity contribution in [1.29, 1.82) is 0 Å². The van der Waals surface area contributed by atoms with Gasteiger partial charge in [-0.25, -0.2) is 0 Å². The van der Waals surface area contributed by atoms with Crippen LogP contribution in [0.3, 0.4) is 0 Å². The molecule has 1 atom stereocenters. The van der Waals surface area contributed by atoms with E-state index in [0.29, 0.717) is 18.5 Å². The summed E-state index contributed by atoms with van der Waals surface area (Å²) in [5.74, 6) is -0.0262. The number of rotatable bonds is 5. The first-order valence-electron chi connectivity index (χ1n) is 8.14. The van der Waals surface area contributed by atoms with Gasteiger partial charge in [-0.05, 0) is 36.2 Å². The van der Waals surface area contributed by atoms with Crippen LogP contribution >= 0.6 is 12.4 Å². The summed E-state index contributed by atoms with van der Waals surface area (Å²) in [4.78, 5) is 25.7. The molecule has 1 unspecified atom stereocenters. The van der Waals surface area contributed by atoms with Gasteiger partial charge in [0, 0.05) is 36.8 Å². The van der Waals surface area contributed by atoms with Gasteiger partial charge in [0.05, 0.1) is 0 Å². The summed E-state index contributed by atoms with van der Waals surface area (Å²) in [6.07, 6.45) is 1.48. The van der Waals surface area contributed by atoms with Crippen LogP contribution in [0.2, 0.25) is 0 Å². The highest BCUT2D eigenvalue weighted by Crippen LogP contribution is 2.21. The Hall–Kier alpha value is -2.37. The van der Waals surface area contributed by atoms with Crippen molar-refractivity contribution in [2.45, 2.75) is 18.9 Å². The molecule has 25 heavy (non-hydrogen) atoms. The summed E-state index contributed by atoms with van der Waals surface area (Å²) in [6.45, 7) is 1.12. The fourth-order valence-electron chi connectivity index (χ4n) is 2.84. The summed E-state index contributed by atoms with van der Waals surface area (Å²) in [5, 5.41) is 2.85. The SMILES string of the molecule is Cl.NC(CNC(=O)c1ccc(N2CCCC2=O)cc1)c1ccccc1. The molecule has 0 aliphatic carbocycles. The van der Waals surface area contributed by atoms with Gasteiger partial charge in [0.2, 0.25) is 5.91 Å². The van der Waals surface area contributed by atoms with E-state index in [1.807, 2.05) is 42.5 Å². The maximum Gasteiger partial charge on any atom is 0.251 e. The molecule has 0 radical (unpaired) electrons. The van der Waals surface area contributed by atoms with E-state index >= 15 is 0 Å². The smallest absolute Gasteiger partial charge is 0.251 e. The maximum absolute atomic E-state index is 12.2. The average Bonchev–Trinajstić information content (AvgIpc) is 3.06. The molecule has 132 valence electrons. The minimum atomic E-state index is -0.239. The third kappa shape index (κ3) is 4.59. The molecule has 6 heteroatoms. The largest absolute Gasteiger partial charge is 0.350 e. The third-order valence-electron chi connectivity index (χ3n) is 4.22. The van der Waals surface area contributed by atoms with E-state index < -0.39 is 0 Å². The summed E-state index contributed by atoms with van der Waals surface area (Å²) in [6, 6.07) is 16.5. The summed E-state index contributed by atoms with van der Waals surface area (Å²) in [5.41, 5.74) is 8.47. The zero-order chi connectivity index (χ0) is 16.9. The Morgan fingerprint density at radius 1 is 1.12 bits per heavy atom. The van der Waals surface area contributed by atoms with Gasteiger partial charge in [0.15, 0.2) is 0 Å². The molecule has 3 rings (SSSR count). The summed E-state index contributed by atoms with van der Waals surface area (Å²) >= 11 is 0. The molecule has 0 spiro atoms. The van der Waals surface area contributed by atoms with Crippen molar-refractivity contribution >= 4 is 29.9 Å². The molecule has 1 saturated heterocycles. The second kappa shape index (κ2) is 8.65. The minimum absolute atomic E-state index is 0. The number of halogens is 1. The van der Waals surface area contributed by atoms with Crippen LogP contribution < -0.4 is 16.0 Å². The molecule has 1 fully saturated rings. The van der Waals surface area contributed by atoms with E-state index in [1.165, 1.54) is 0 Å². The number of hydrogen-bond donors (Lipinski definition) is 2. The van der Waals surface area contributed by atoms with Gasteiger partial charge in [-0.2, -0.15) is 0 Å². The molecule has 0 bridgehead atoms. The number of benzene rings is 2. The molecular weight excluding hydrogens is 338 g/mol. The van der Waals surface area contributed by atoms with Crippen molar-refractivity contribution in [2.24, 2.45) is 5.73 Å². The van der Waals surface area contributed by atoms with E-state index in [2.05, 4.69) is 5.32 Å². The topological polar surface area (TPSA) is 75.4 Å². The number of hydrogen-bond acceptors (Lipinski definition) is 3. The lowest BCUT2D eigenvalue weighted by Gasteiger charge is -2.16. The molecule has 3 N–H and O–H groups in total. The molecule has 5 nitrogen and oxygen atoms in total. The average molecular weight is 360 g/mol. The highest BCUT2D eigenvalue weighted by atomic mass is 35.5. The maximum atomic E-state index is 12.2. The van der Waals surface area contributed by atoms with E-state index in [1.54, 1.807) is 17.0 Å². The van der Waals surface area contributed by atoms with Gasteiger partial charge in [0.1, 0.15) is 0 Å². The number of carbonyl (C=O) groups excluding carboxylic acids is 2. The van der Waals surface area contributed by atoms with Crippen LogP contribution in [-0.4, -0.2) is 24.9 Å². The quantitative estimate of drug-likeness (QED) is 0.861. The van der Waals surface area contributed by atoms with Crippen LogP contribution in [0.15, 0.2) is 54.6 Å². The molecule has 0 saturated carbocycles. The van der Waals surface area contributed by atoms with E-state index in [0.717, 1.165) is 24.2 Å². The Balaban J connectivity index is 0.00000225. The Labute approximate surface area is 153 Å². The molecule has 1 aliphatic rings. The second-order valence-corrected chi connectivity index (χ2v) is 5.92. The lowest BCUT2D eigenvalue weighted by Crippen LogP contribution is -2.32. The fourth-order valence-corrected chi connectivity index (χ4v) is 2.84. The first kappa shape index (κ1) is 19.0. The molecule has 1 heterocycles. The predicted molar refractivity (Wildman–Crippen MR) is 101 cm³/mol. The zero-order valence-corrected chi connectivity index (χ0v) is 14.7. The van der Waals surface area contributed by atoms with Crippen molar-refractivity contribution < 1.29 is 9.59 Å². The fraction of sp³-hybridized carbons (Fsp3) is 0.263. The monoisotopic (exact) mass is 359 g/mol. The van der Waals surface area contributed by atoms with E-state index in [4.69, 9.17) is 5.73 Å². The van der Waals surface area contributed by atoms with E-state index in [-0.39, 0.29) is 30.3 Å². The Bertz CT molecular complexity index is 719. The minimum Gasteiger partial charge on any atom is -0.350 e. The standard InChI is InChI=1S/C19H21N3O2.ClH/c20-17(14-5-2-1-3-6-14)13-21-19(24)15-8-10-16(11-9-15)22-12-4-7-18(22)23;/h1-3,5-6,8-11,17H,4,7,12-13,20H2,(H,21,24);1H. The highest BCUT2D eigenvalue weighted by molar-refractivity contribution is 5.97. The molecule has 2 aromatic carbocycles. The number of nitrogens with one attached hydrogen (secondary N) is 1. The summed E-state index contributed by atoms with van der Waals surface area (Å²) < 4.78 is 0. The second-order valence-electron chi connectivity index (χ2n) is 5.92. The van der Waals surface area contributed by atoms with Crippen LogP contribution in [-0.2, 0) is 4.79 Å². The molecule has 2 aromatic rings. The number of amides is 2. The normalized spacial score (nSPS) is 14.8. The van der Waals surface area contributed by atoms with Gasteiger partial charge in [-0.15, -0.1) is 12.4 Å². The first-order valence-corrected chi connectivity index (χ1v) is 8.14. The van der Waals surface area contributed by atoms with Crippen LogP contribution in [0.5, 0.6) is 0 Å². The Kier molecular flexibility index (Phi) is 6.56. The van der Waals surface area contributed by atoms with Crippen LogP contribution in [0.4, 0.5) is 5.69 Å². The number of carbonyl (C=O) groups is 2. The van der Waals surface area contributed by atoms with Crippen molar-refractivity contribution in [1.82, 2.24) is 5.32 Å². The number of anilines is 1. The van der Waals surface area contributed by atoms with Gasteiger partial charge in [0.25, 0.3) is 5.91 Å². The van der Waals surface area contributed by atoms with Crippen molar-refractivity contribution in [3.05, 3.63) is 65.7 Å². The Morgan fingerprint density at radius 2 is 1.80 bits per heavy atom.